The van der Waals surface area contributed by atoms with Crippen molar-refractivity contribution >= 4 is 28.7 Å². The van der Waals surface area contributed by atoms with Gasteiger partial charge in [0.05, 0.1) is 16.7 Å². The number of thiazole rings is 2. The zero-order valence-electron chi connectivity index (χ0n) is 13.3. The Morgan fingerprint density at radius 3 is 2.50 bits per heavy atom. The minimum Gasteiger partial charge on any atom is -0.338 e. The number of hydrogen-bond acceptors (Lipinski definition) is 5. The number of hydrogen-bond donors (Lipinski definition) is 2. The number of urea groups is 1. The summed E-state index contributed by atoms with van der Waals surface area (Å²) in [6.07, 6.45) is 0.751. The van der Waals surface area contributed by atoms with E-state index >= 15 is 0 Å². The number of carbonyl (C=O) groups is 1. The van der Waals surface area contributed by atoms with Crippen LogP contribution >= 0.6 is 22.7 Å². The number of rotatable bonds is 6. The van der Waals surface area contributed by atoms with Gasteiger partial charge in [0.15, 0.2) is 0 Å². The first-order valence-electron chi connectivity index (χ1n) is 7.36. The number of carbonyl (C=O) groups excluding carboxylic acids is 1. The van der Waals surface area contributed by atoms with Gasteiger partial charge in [0.1, 0.15) is 5.01 Å². The second kappa shape index (κ2) is 7.69. The van der Waals surface area contributed by atoms with Crippen molar-refractivity contribution in [2.75, 3.05) is 6.54 Å². The van der Waals surface area contributed by atoms with E-state index in [1.807, 2.05) is 19.2 Å². The summed E-state index contributed by atoms with van der Waals surface area (Å²) >= 11 is 3.24. The summed E-state index contributed by atoms with van der Waals surface area (Å²) in [7, 11) is 0. The molecule has 2 aromatic rings. The van der Waals surface area contributed by atoms with E-state index in [1.165, 1.54) is 0 Å². The van der Waals surface area contributed by atoms with Crippen LogP contribution in [0.2, 0.25) is 0 Å². The van der Waals surface area contributed by atoms with Crippen molar-refractivity contribution in [2.24, 2.45) is 0 Å². The van der Waals surface area contributed by atoms with Gasteiger partial charge in [0.2, 0.25) is 0 Å². The molecule has 0 saturated heterocycles. The van der Waals surface area contributed by atoms with Crippen molar-refractivity contribution in [3.05, 3.63) is 32.2 Å². The standard InChI is InChI=1S/C15H22N4OS2/c1-9(2)13-19-12(8-22-13)5-6-16-15(20)18-11(4)14-17-10(3)7-21-14/h7-9,11H,5-6H2,1-4H3,(H2,16,18,20). The molecule has 0 bridgehead atoms. The molecular weight excluding hydrogens is 316 g/mol. The Bertz CT molecular complexity index is 621. The van der Waals surface area contributed by atoms with Crippen molar-refractivity contribution in [3.63, 3.8) is 0 Å². The van der Waals surface area contributed by atoms with Gasteiger partial charge in [0, 0.05) is 35.3 Å². The number of nitrogens with zero attached hydrogens (tertiary/aromatic N) is 2. The van der Waals surface area contributed by atoms with E-state index < -0.39 is 0 Å². The van der Waals surface area contributed by atoms with Gasteiger partial charge in [0.25, 0.3) is 0 Å². The molecule has 2 rings (SSSR count). The predicted molar refractivity (Wildman–Crippen MR) is 91.7 cm³/mol. The molecule has 0 spiro atoms. The van der Waals surface area contributed by atoms with Crippen molar-refractivity contribution in [2.45, 2.75) is 46.1 Å². The summed E-state index contributed by atoms with van der Waals surface area (Å²) < 4.78 is 0. The van der Waals surface area contributed by atoms with Crippen molar-refractivity contribution in [3.8, 4) is 0 Å². The molecule has 2 heterocycles. The van der Waals surface area contributed by atoms with Crippen LogP contribution in [0.15, 0.2) is 10.8 Å². The smallest absolute Gasteiger partial charge is 0.315 e. The summed E-state index contributed by atoms with van der Waals surface area (Å²) in [6.45, 7) is 8.74. The zero-order chi connectivity index (χ0) is 16.1. The monoisotopic (exact) mass is 338 g/mol. The van der Waals surface area contributed by atoms with Crippen molar-refractivity contribution in [1.82, 2.24) is 20.6 Å². The van der Waals surface area contributed by atoms with Gasteiger partial charge in [-0.3, -0.25) is 0 Å². The van der Waals surface area contributed by atoms with Crippen molar-refractivity contribution < 1.29 is 4.79 Å². The van der Waals surface area contributed by atoms with Gasteiger partial charge in [-0.1, -0.05) is 13.8 Å². The molecule has 0 aliphatic rings. The number of amides is 2. The summed E-state index contributed by atoms with van der Waals surface area (Å²) in [4.78, 5) is 20.8. The molecule has 0 saturated carbocycles. The Balaban J connectivity index is 1.73. The predicted octanol–water partition coefficient (Wildman–Crippen LogP) is 3.63. The first-order valence-corrected chi connectivity index (χ1v) is 9.12. The van der Waals surface area contributed by atoms with Crippen LogP contribution in [-0.4, -0.2) is 22.5 Å². The van der Waals surface area contributed by atoms with Gasteiger partial charge < -0.3 is 10.6 Å². The van der Waals surface area contributed by atoms with Crippen LogP contribution in [-0.2, 0) is 6.42 Å². The van der Waals surface area contributed by atoms with E-state index in [0.717, 1.165) is 27.8 Å². The van der Waals surface area contributed by atoms with E-state index in [-0.39, 0.29) is 12.1 Å². The maximum atomic E-state index is 11.9. The second-order valence-electron chi connectivity index (χ2n) is 5.53. The molecule has 2 amide bonds. The molecule has 0 aliphatic heterocycles. The lowest BCUT2D eigenvalue weighted by Gasteiger charge is -2.12. The topological polar surface area (TPSA) is 66.9 Å². The fourth-order valence-electron chi connectivity index (χ4n) is 1.89. The molecule has 0 aliphatic carbocycles. The third-order valence-corrected chi connectivity index (χ3v) is 5.42. The second-order valence-corrected chi connectivity index (χ2v) is 7.31. The highest BCUT2D eigenvalue weighted by Crippen LogP contribution is 2.19. The SMILES string of the molecule is Cc1csc(C(C)NC(=O)NCCc2csc(C(C)C)n2)n1. The van der Waals surface area contributed by atoms with Gasteiger partial charge in [-0.05, 0) is 13.8 Å². The number of aromatic nitrogens is 2. The molecular formula is C15H22N4OS2. The molecule has 2 aromatic heterocycles. The van der Waals surface area contributed by atoms with Crippen LogP contribution in [0.4, 0.5) is 4.79 Å². The van der Waals surface area contributed by atoms with Crippen LogP contribution in [0, 0.1) is 6.92 Å². The van der Waals surface area contributed by atoms with E-state index in [4.69, 9.17) is 0 Å². The minimum atomic E-state index is -0.167. The highest BCUT2D eigenvalue weighted by Gasteiger charge is 2.12. The molecule has 2 N–H and O–H groups in total. The third kappa shape index (κ3) is 4.78. The Kier molecular flexibility index (Phi) is 5.90. The fraction of sp³-hybridized carbons (Fsp3) is 0.533. The van der Waals surface area contributed by atoms with E-state index in [9.17, 15) is 4.79 Å². The first kappa shape index (κ1) is 16.9. The quantitative estimate of drug-likeness (QED) is 0.845. The first-order chi connectivity index (χ1) is 10.5. The zero-order valence-corrected chi connectivity index (χ0v) is 15.0. The van der Waals surface area contributed by atoms with Gasteiger partial charge in [-0.25, -0.2) is 14.8 Å². The average molecular weight is 339 g/mol. The maximum absolute atomic E-state index is 11.9. The Labute approximate surface area is 139 Å². The summed E-state index contributed by atoms with van der Waals surface area (Å²) in [5.74, 6) is 0.456. The molecule has 7 heteroatoms. The molecule has 0 fully saturated rings. The molecule has 1 unspecified atom stereocenters. The normalized spacial score (nSPS) is 12.4. The molecule has 0 radical (unpaired) electrons. The highest BCUT2D eigenvalue weighted by molar-refractivity contribution is 7.10. The Hall–Kier alpha value is -1.47. The molecule has 22 heavy (non-hydrogen) atoms. The lowest BCUT2D eigenvalue weighted by atomic mass is 10.2. The molecule has 120 valence electrons. The summed E-state index contributed by atoms with van der Waals surface area (Å²) in [5.41, 5.74) is 2.02. The largest absolute Gasteiger partial charge is 0.338 e. The average Bonchev–Trinajstić information content (AvgIpc) is 3.07. The van der Waals surface area contributed by atoms with Gasteiger partial charge in [-0.15, -0.1) is 22.7 Å². The van der Waals surface area contributed by atoms with Crippen LogP contribution in [0.5, 0.6) is 0 Å². The van der Waals surface area contributed by atoms with E-state index in [2.05, 4.69) is 39.8 Å². The fourth-order valence-corrected chi connectivity index (χ4v) is 3.56. The summed E-state index contributed by atoms with van der Waals surface area (Å²) in [6, 6.07) is -0.245. The van der Waals surface area contributed by atoms with Crippen LogP contribution in [0.25, 0.3) is 0 Å². The van der Waals surface area contributed by atoms with Crippen LogP contribution in [0.1, 0.15) is 54.1 Å². The van der Waals surface area contributed by atoms with Crippen molar-refractivity contribution in [1.29, 1.82) is 0 Å². The number of aryl methyl sites for hydroxylation is 1. The Morgan fingerprint density at radius 1 is 1.18 bits per heavy atom. The van der Waals surface area contributed by atoms with Gasteiger partial charge in [-0.2, -0.15) is 0 Å². The highest BCUT2D eigenvalue weighted by atomic mass is 32.1. The van der Waals surface area contributed by atoms with Gasteiger partial charge >= 0.3 is 6.03 Å². The molecule has 5 nitrogen and oxygen atoms in total. The number of nitrogens with one attached hydrogen (secondary N) is 2. The van der Waals surface area contributed by atoms with Crippen LogP contribution in [0.3, 0.4) is 0 Å². The van der Waals surface area contributed by atoms with E-state index in [1.54, 1.807) is 22.7 Å². The minimum absolute atomic E-state index is 0.0782. The Morgan fingerprint density at radius 2 is 1.91 bits per heavy atom. The van der Waals surface area contributed by atoms with E-state index in [0.29, 0.717) is 12.5 Å². The summed E-state index contributed by atoms with van der Waals surface area (Å²) in [5, 5.41) is 11.9. The molecule has 1 atom stereocenters. The van der Waals surface area contributed by atoms with Crippen LogP contribution < -0.4 is 10.6 Å². The lowest BCUT2D eigenvalue weighted by molar-refractivity contribution is 0.238. The molecule has 0 aromatic carbocycles. The maximum Gasteiger partial charge on any atom is 0.315 e. The third-order valence-electron chi connectivity index (χ3n) is 3.08. The lowest BCUT2D eigenvalue weighted by Crippen LogP contribution is -2.38.